The highest BCUT2D eigenvalue weighted by Crippen LogP contribution is 2.47. The molecule has 1 aromatic carbocycles. The Labute approximate surface area is 145 Å². The van der Waals surface area contributed by atoms with Crippen LogP contribution < -0.4 is 5.32 Å². The third kappa shape index (κ3) is 3.37. The molecule has 0 saturated carbocycles. The number of halogens is 1. The van der Waals surface area contributed by atoms with Gasteiger partial charge in [-0.1, -0.05) is 18.5 Å². The summed E-state index contributed by atoms with van der Waals surface area (Å²) in [4.78, 5) is 16.8. The molecule has 1 atom stereocenters. The van der Waals surface area contributed by atoms with Crippen molar-refractivity contribution in [3.05, 3.63) is 28.2 Å². The summed E-state index contributed by atoms with van der Waals surface area (Å²) in [5.41, 5.74) is 0.888. The van der Waals surface area contributed by atoms with Crippen LogP contribution in [0.25, 0.3) is 10.2 Å². The van der Waals surface area contributed by atoms with Gasteiger partial charge in [0, 0.05) is 10.9 Å². The summed E-state index contributed by atoms with van der Waals surface area (Å²) in [6.45, 7) is 4.05. The predicted octanol–water partition coefficient (Wildman–Crippen LogP) is 3.99. The number of nitrogens with one attached hydrogen (secondary N) is 1. The molecule has 6 heteroatoms. The Balaban J connectivity index is 1.95. The number of methoxy groups -OCH3 is 1. The second kappa shape index (κ2) is 6.75. The van der Waals surface area contributed by atoms with E-state index in [-0.39, 0.29) is 17.3 Å². The van der Waals surface area contributed by atoms with Crippen LogP contribution in [0, 0.1) is 5.41 Å². The Kier molecular flexibility index (Phi) is 4.90. The third-order valence-electron chi connectivity index (χ3n) is 4.98. The van der Waals surface area contributed by atoms with Gasteiger partial charge in [0.1, 0.15) is 0 Å². The SMILES string of the molecule is COC(=O)CC1(C(C)c2nc3ccc(Cl)cc3s2)CCNCC1. The van der Waals surface area contributed by atoms with Crippen LogP contribution in [0.15, 0.2) is 18.2 Å². The van der Waals surface area contributed by atoms with E-state index in [0.717, 1.165) is 46.2 Å². The molecule has 124 valence electrons. The molecule has 0 bridgehead atoms. The van der Waals surface area contributed by atoms with Gasteiger partial charge in [0.2, 0.25) is 0 Å². The zero-order valence-corrected chi connectivity index (χ0v) is 15.0. The van der Waals surface area contributed by atoms with E-state index in [0.29, 0.717) is 6.42 Å². The van der Waals surface area contributed by atoms with Crippen LogP contribution >= 0.6 is 22.9 Å². The number of benzene rings is 1. The highest BCUT2D eigenvalue weighted by Gasteiger charge is 2.41. The van der Waals surface area contributed by atoms with Gasteiger partial charge in [0.25, 0.3) is 0 Å². The molecule has 23 heavy (non-hydrogen) atoms. The van der Waals surface area contributed by atoms with Crippen LogP contribution in [0.3, 0.4) is 0 Å². The average molecular weight is 353 g/mol. The first-order valence-corrected chi connectivity index (χ1v) is 9.07. The van der Waals surface area contributed by atoms with Gasteiger partial charge >= 0.3 is 5.97 Å². The van der Waals surface area contributed by atoms with E-state index in [2.05, 4.69) is 12.2 Å². The lowest BCUT2D eigenvalue weighted by Gasteiger charge is -2.41. The maximum atomic E-state index is 12.0. The van der Waals surface area contributed by atoms with Crippen LogP contribution in [0.4, 0.5) is 0 Å². The summed E-state index contributed by atoms with van der Waals surface area (Å²) in [5.74, 6) is 0.0720. The van der Waals surface area contributed by atoms with Gasteiger partial charge in [0.05, 0.1) is 28.8 Å². The molecule has 2 aromatic rings. The van der Waals surface area contributed by atoms with E-state index < -0.39 is 0 Å². The lowest BCUT2D eigenvalue weighted by atomic mass is 9.67. The number of aromatic nitrogens is 1. The molecule has 1 aliphatic heterocycles. The van der Waals surface area contributed by atoms with Crippen LogP contribution in [-0.2, 0) is 9.53 Å². The van der Waals surface area contributed by atoms with Crippen molar-refractivity contribution in [2.45, 2.75) is 32.1 Å². The zero-order chi connectivity index (χ0) is 16.4. The predicted molar refractivity (Wildman–Crippen MR) is 94.2 cm³/mol. The number of carbonyl (C=O) groups excluding carboxylic acids is 1. The first-order chi connectivity index (χ1) is 11.0. The van der Waals surface area contributed by atoms with E-state index in [9.17, 15) is 4.79 Å². The molecule has 0 radical (unpaired) electrons. The average Bonchev–Trinajstić information content (AvgIpc) is 2.97. The summed E-state index contributed by atoms with van der Waals surface area (Å²) in [6, 6.07) is 5.78. The van der Waals surface area contributed by atoms with Crippen molar-refractivity contribution >= 4 is 39.1 Å². The lowest BCUT2D eigenvalue weighted by Crippen LogP contribution is -2.41. The van der Waals surface area contributed by atoms with Gasteiger partial charge in [0.15, 0.2) is 0 Å². The van der Waals surface area contributed by atoms with Crippen molar-refractivity contribution in [3.63, 3.8) is 0 Å². The second-order valence-electron chi connectivity index (χ2n) is 6.25. The summed E-state index contributed by atoms with van der Waals surface area (Å²) in [6.07, 6.45) is 2.36. The van der Waals surface area contributed by atoms with Crippen molar-refractivity contribution in [1.82, 2.24) is 10.3 Å². The first kappa shape index (κ1) is 16.7. The normalized spacial score (nSPS) is 18.7. The fourth-order valence-electron chi connectivity index (χ4n) is 3.41. The van der Waals surface area contributed by atoms with Crippen molar-refractivity contribution in [2.24, 2.45) is 5.41 Å². The van der Waals surface area contributed by atoms with E-state index in [1.54, 1.807) is 11.3 Å². The fraction of sp³-hybridized carbons (Fsp3) is 0.529. The molecule has 1 N–H and O–H groups in total. The number of ether oxygens (including phenoxy) is 1. The monoisotopic (exact) mass is 352 g/mol. The third-order valence-corrected chi connectivity index (χ3v) is 6.42. The van der Waals surface area contributed by atoms with Gasteiger partial charge in [-0.15, -0.1) is 11.3 Å². The second-order valence-corrected chi connectivity index (χ2v) is 7.75. The van der Waals surface area contributed by atoms with Gasteiger partial charge in [-0.2, -0.15) is 0 Å². The number of esters is 1. The largest absolute Gasteiger partial charge is 0.469 e. The van der Waals surface area contributed by atoms with E-state index in [1.165, 1.54) is 7.11 Å². The number of piperidine rings is 1. The van der Waals surface area contributed by atoms with Crippen LogP contribution in [-0.4, -0.2) is 31.2 Å². The zero-order valence-electron chi connectivity index (χ0n) is 13.4. The number of fused-ring (bicyclic) bond motifs is 1. The highest BCUT2D eigenvalue weighted by molar-refractivity contribution is 7.18. The minimum absolute atomic E-state index is 0.0873. The molecule has 1 aromatic heterocycles. The molecule has 2 heterocycles. The molecule has 1 saturated heterocycles. The number of thiazole rings is 1. The first-order valence-electron chi connectivity index (χ1n) is 7.87. The van der Waals surface area contributed by atoms with Crippen LogP contribution in [0.1, 0.15) is 37.1 Å². The van der Waals surface area contributed by atoms with Gasteiger partial charge in [-0.25, -0.2) is 4.98 Å². The molecule has 0 spiro atoms. The molecule has 1 unspecified atom stereocenters. The Morgan fingerprint density at radius 2 is 2.22 bits per heavy atom. The molecule has 4 nitrogen and oxygen atoms in total. The maximum absolute atomic E-state index is 12.0. The lowest BCUT2D eigenvalue weighted by molar-refractivity contribution is -0.144. The smallest absolute Gasteiger partial charge is 0.306 e. The number of hydrogen-bond donors (Lipinski definition) is 1. The minimum Gasteiger partial charge on any atom is -0.469 e. The summed E-state index contributed by atoms with van der Waals surface area (Å²) >= 11 is 7.76. The minimum atomic E-state index is -0.136. The van der Waals surface area contributed by atoms with Gasteiger partial charge in [-0.3, -0.25) is 4.79 Å². The highest BCUT2D eigenvalue weighted by atomic mass is 35.5. The standard InChI is InChI=1S/C17H21ClN2O2S/c1-11(16-20-13-4-3-12(18)9-14(13)23-16)17(10-15(21)22-2)5-7-19-8-6-17/h3-4,9,11,19H,5-8,10H2,1-2H3. The van der Waals surface area contributed by atoms with Crippen molar-refractivity contribution in [2.75, 3.05) is 20.2 Å². The van der Waals surface area contributed by atoms with E-state index >= 15 is 0 Å². The number of rotatable bonds is 4. The molecule has 3 rings (SSSR count). The van der Waals surface area contributed by atoms with E-state index in [4.69, 9.17) is 21.3 Å². The quantitative estimate of drug-likeness (QED) is 0.845. The number of nitrogens with zero attached hydrogens (tertiary/aromatic N) is 1. The Morgan fingerprint density at radius 3 is 2.91 bits per heavy atom. The topological polar surface area (TPSA) is 51.2 Å². The van der Waals surface area contributed by atoms with Crippen molar-refractivity contribution < 1.29 is 9.53 Å². The molecule has 0 aliphatic carbocycles. The van der Waals surface area contributed by atoms with Gasteiger partial charge < -0.3 is 10.1 Å². The molecular weight excluding hydrogens is 332 g/mol. The Hall–Kier alpha value is -1.17. The molecule has 0 amide bonds. The van der Waals surface area contributed by atoms with Crippen LogP contribution in [0.5, 0.6) is 0 Å². The Morgan fingerprint density at radius 1 is 1.48 bits per heavy atom. The molecule has 1 aliphatic rings. The molecule has 1 fully saturated rings. The Bertz CT molecular complexity index is 710. The van der Waals surface area contributed by atoms with Crippen molar-refractivity contribution in [3.8, 4) is 0 Å². The summed E-state index contributed by atoms with van der Waals surface area (Å²) in [7, 11) is 1.46. The van der Waals surface area contributed by atoms with E-state index in [1.807, 2.05) is 18.2 Å². The number of carbonyl (C=O) groups is 1. The summed E-state index contributed by atoms with van der Waals surface area (Å²) in [5, 5.41) is 5.19. The summed E-state index contributed by atoms with van der Waals surface area (Å²) < 4.78 is 6.04. The fourth-order valence-corrected chi connectivity index (χ4v) is 4.85. The molecular formula is C17H21ClN2O2S. The maximum Gasteiger partial charge on any atom is 0.306 e. The van der Waals surface area contributed by atoms with Crippen LogP contribution in [0.2, 0.25) is 5.02 Å². The van der Waals surface area contributed by atoms with Gasteiger partial charge in [-0.05, 0) is 49.5 Å². The van der Waals surface area contributed by atoms with Crippen molar-refractivity contribution in [1.29, 1.82) is 0 Å². The number of hydrogen-bond acceptors (Lipinski definition) is 5.